The van der Waals surface area contributed by atoms with Crippen molar-refractivity contribution in [2.45, 2.75) is 45.2 Å². The fourth-order valence-corrected chi connectivity index (χ4v) is 2.65. The van der Waals surface area contributed by atoms with Crippen molar-refractivity contribution < 1.29 is 4.74 Å². The minimum Gasteiger partial charge on any atom is -0.380 e. The summed E-state index contributed by atoms with van der Waals surface area (Å²) in [6.07, 6.45) is 2.40. The summed E-state index contributed by atoms with van der Waals surface area (Å²) in [4.78, 5) is 4.61. The molecule has 0 bridgehead atoms. The Kier molecular flexibility index (Phi) is 4.32. The fourth-order valence-electron chi connectivity index (χ4n) is 1.82. The minimum atomic E-state index is 0.512. The maximum Gasteiger partial charge on any atom is 0.0954 e. The van der Waals surface area contributed by atoms with E-state index in [1.54, 1.807) is 11.3 Å². The van der Waals surface area contributed by atoms with Crippen molar-refractivity contribution in [3.05, 3.63) is 16.1 Å². The largest absolute Gasteiger partial charge is 0.380 e. The Labute approximate surface area is 101 Å². The van der Waals surface area contributed by atoms with E-state index >= 15 is 0 Å². The molecule has 1 aliphatic rings. The number of hydrogen-bond donors (Lipinski definition) is 1. The average molecular weight is 240 g/mol. The van der Waals surface area contributed by atoms with E-state index in [4.69, 9.17) is 4.74 Å². The third kappa shape index (κ3) is 3.27. The lowest BCUT2D eigenvalue weighted by molar-refractivity contribution is 0.0698. The molecule has 90 valence electrons. The molecule has 0 saturated carbocycles. The molecular formula is C12H20N2OS. The summed E-state index contributed by atoms with van der Waals surface area (Å²) < 4.78 is 5.43. The summed E-state index contributed by atoms with van der Waals surface area (Å²) in [5, 5.41) is 6.90. The summed E-state index contributed by atoms with van der Waals surface area (Å²) in [6, 6.07) is 0.512. The van der Waals surface area contributed by atoms with Gasteiger partial charge in [-0.05, 0) is 12.8 Å². The zero-order valence-electron chi connectivity index (χ0n) is 10.0. The average Bonchev–Trinajstić information content (AvgIpc) is 2.76. The van der Waals surface area contributed by atoms with Crippen LogP contribution in [0.2, 0.25) is 0 Å². The van der Waals surface area contributed by atoms with Gasteiger partial charge >= 0.3 is 0 Å². The van der Waals surface area contributed by atoms with Gasteiger partial charge in [0.25, 0.3) is 0 Å². The molecule has 4 heteroatoms. The molecule has 1 N–H and O–H groups in total. The predicted octanol–water partition coefficient (Wildman–Crippen LogP) is 2.54. The molecule has 1 aromatic heterocycles. The number of hydrogen-bond acceptors (Lipinski definition) is 4. The third-order valence-electron chi connectivity index (χ3n) is 2.80. The van der Waals surface area contributed by atoms with Crippen LogP contribution in [-0.2, 0) is 11.3 Å². The second-order valence-electron chi connectivity index (χ2n) is 4.63. The first-order chi connectivity index (χ1) is 7.75. The van der Waals surface area contributed by atoms with Crippen LogP contribution in [0, 0.1) is 0 Å². The molecule has 0 amide bonds. The maximum atomic E-state index is 5.43. The van der Waals surface area contributed by atoms with Crippen molar-refractivity contribution in [2.24, 2.45) is 0 Å². The molecule has 3 nitrogen and oxygen atoms in total. The van der Waals surface area contributed by atoms with Crippen LogP contribution in [0.3, 0.4) is 0 Å². The molecule has 0 spiro atoms. The Morgan fingerprint density at radius 2 is 2.50 bits per heavy atom. The van der Waals surface area contributed by atoms with Crippen LogP contribution >= 0.6 is 11.3 Å². The van der Waals surface area contributed by atoms with E-state index < -0.39 is 0 Å². The summed E-state index contributed by atoms with van der Waals surface area (Å²) in [5.41, 5.74) is 1.17. The molecule has 16 heavy (non-hydrogen) atoms. The molecule has 1 atom stereocenters. The van der Waals surface area contributed by atoms with Crippen LogP contribution < -0.4 is 5.32 Å². The van der Waals surface area contributed by atoms with Crippen molar-refractivity contribution >= 4 is 11.3 Å². The molecular weight excluding hydrogens is 220 g/mol. The Balaban J connectivity index is 1.79. The van der Waals surface area contributed by atoms with Crippen molar-refractivity contribution in [2.75, 3.05) is 13.2 Å². The molecule has 2 rings (SSSR count). The smallest absolute Gasteiger partial charge is 0.0954 e. The second kappa shape index (κ2) is 5.75. The third-order valence-corrected chi connectivity index (χ3v) is 3.99. The molecule has 0 aromatic carbocycles. The van der Waals surface area contributed by atoms with E-state index in [2.05, 4.69) is 29.5 Å². The van der Waals surface area contributed by atoms with E-state index in [9.17, 15) is 0 Å². The zero-order chi connectivity index (χ0) is 11.4. The lowest BCUT2D eigenvalue weighted by Crippen LogP contribution is -2.36. The highest BCUT2D eigenvalue weighted by Crippen LogP contribution is 2.19. The predicted molar refractivity (Wildman–Crippen MR) is 66.9 cm³/mol. The summed E-state index contributed by atoms with van der Waals surface area (Å²) in [5.74, 6) is 0.539. The van der Waals surface area contributed by atoms with Crippen molar-refractivity contribution in [3.8, 4) is 0 Å². The SMILES string of the molecule is CC(C)c1nc(CNC2CCCOC2)cs1. The summed E-state index contributed by atoms with van der Waals surface area (Å²) in [7, 11) is 0. The molecule has 1 saturated heterocycles. The number of aromatic nitrogens is 1. The molecule has 0 radical (unpaired) electrons. The lowest BCUT2D eigenvalue weighted by atomic mass is 10.1. The van der Waals surface area contributed by atoms with Gasteiger partial charge in [0.15, 0.2) is 0 Å². The van der Waals surface area contributed by atoms with Gasteiger partial charge in [-0.15, -0.1) is 11.3 Å². The quantitative estimate of drug-likeness (QED) is 0.878. The van der Waals surface area contributed by atoms with Crippen LogP contribution in [-0.4, -0.2) is 24.2 Å². The maximum absolute atomic E-state index is 5.43. The standard InChI is InChI=1S/C12H20N2OS/c1-9(2)12-14-11(8-16-12)6-13-10-4-3-5-15-7-10/h8-10,13H,3-7H2,1-2H3. The Hall–Kier alpha value is -0.450. The highest BCUT2D eigenvalue weighted by Gasteiger charge is 2.13. The zero-order valence-corrected chi connectivity index (χ0v) is 10.8. The monoisotopic (exact) mass is 240 g/mol. The van der Waals surface area contributed by atoms with Gasteiger partial charge in [0.05, 0.1) is 17.3 Å². The van der Waals surface area contributed by atoms with Crippen LogP contribution in [0.5, 0.6) is 0 Å². The van der Waals surface area contributed by atoms with E-state index in [0.717, 1.165) is 19.8 Å². The minimum absolute atomic E-state index is 0.512. The number of rotatable bonds is 4. The number of thiazole rings is 1. The lowest BCUT2D eigenvalue weighted by Gasteiger charge is -2.22. The molecule has 1 fully saturated rings. The van der Waals surface area contributed by atoms with E-state index in [1.807, 2.05) is 0 Å². The first kappa shape index (κ1) is 12.0. The molecule has 1 aliphatic heterocycles. The fraction of sp³-hybridized carbons (Fsp3) is 0.750. The molecule has 1 unspecified atom stereocenters. The number of nitrogens with one attached hydrogen (secondary N) is 1. The normalized spacial score (nSPS) is 21.6. The van der Waals surface area contributed by atoms with Gasteiger partial charge in [-0.3, -0.25) is 0 Å². The van der Waals surface area contributed by atoms with Crippen LogP contribution in [0.4, 0.5) is 0 Å². The van der Waals surface area contributed by atoms with E-state index in [0.29, 0.717) is 12.0 Å². The van der Waals surface area contributed by atoms with Crippen molar-refractivity contribution in [1.82, 2.24) is 10.3 Å². The van der Waals surface area contributed by atoms with Crippen LogP contribution in [0.1, 0.15) is 43.3 Å². The highest BCUT2D eigenvalue weighted by molar-refractivity contribution is 7.09. The van der Waals surface area contributed by atoms with Gasteiger partial charge in [-0.2, -0.15) is 0 Å². The van der Waals surface area contributed by atoms with Crippen LogP contribution in [0.25, 0.3) is 0 Å². The highest BCUT2D eigenvalue weighted by atomic mass is 32.1. The van der Waals surface area contributed by atoms with Crippen molar-refractivity contribution in [3.63, 3.8) is 0 Å². The number of ether oxygens (including phenoxy) is 1. The van der Waals surface area contributed by atoms with Gasteiger partial charge < -0.3 is 10.1 Å². The first-order valence-corrected chi connectivity index (χ1v) is 6.89. The Morgan fingerprint density at radius 3 is 3.12 bits per heavy atom. The Morgan fingerprint density at radius 1 is 1.62 bits per heavy atom. The first-order valence-electron chi connectivity index (χ1n) is 6.01. The van der Waals surface area contributed by atoms with E-state index in [-0.39, 0.29) is 0 Å². The van der Waals surface area contributed by atoms with E-state index in [1.165, 1.54) is 23.5 Å². The summed E-state index contributed by atoms with van der Waals surface area (Å²) >= 11 is 1.76. The topological polar surface area (TPSA) is 34.2 Å². The van der Waals surface area contributed by atoms with Gasteiger partial charge in [0.2, 0.25) is 0 Å². The van der Waals surface area contributed by atoms with Gasteiger partial charge in [-0.1, -0.05) is 13.8 Å². The summed E-state index contributed by atoms with van der Waals surface area (Å²) in [6.45, 7) is 7.01. The van der Waals surface area contributed by atoms with Crippen molar-refractivity contribution in [1.29, 1.82) is 0 Å². The van der Waals surface area contributed by atoms with Gasteiger partial charge in [0.1, 0.15) is 0 Å². The molecule has 2 heterocycles. The molecule has 1 aromatic rings. The molecule has 0 aliphatic carbocycles. The number of nitrogens with zero attached hydrogens (tertiary/aromatic N) is 1. The Bertz CT molecular complexity index is 319. The second-order valence-corrected chi connectivity index (χ2v) is 5.52. The van der Waals surface area contributed by atoms with Crippen LogP contribution in [0.15, 0.2) is 5.38 Å². The van der Waals surface area contributed by atoms with Gasteiger partial charge in [0, 0.05) is 30.5 Å². The van der Waals surface area contributed by atoms with Gasteiger partial charge in [-0.25, -0.2) is 4.98 Å².